The third-order valence-corrected chi connectivity index (χ3v) is 4.60. The maximum atomic E-state index is 13.0. The molecule has 2 aromatic rings. The summed E-state index contributed by atoms with van der Waals surface area (Å²) < 4.78 is 44.1. The van der Waals surface area contributed by atoms with Crippen LogP contribution in [0, 0.1) is 11.8 Å². The Morgan fingerprint density at radius 2 is 1.96 bits per heavy atom. The van der Waals surface area contributed by atoms with Gasteiger partial charge in [0.2, 0.25) is 11.7 Å². The van der Waals surface area contributed by atoms with Crippen LogP contribution in [0.5, 0.6) is 0 Å². The van der Waals surface area contributed by atoms with Gasteiger partial charge in [-0.25, -0.2) is 0 Å². The number of rotatable bonds is 5. The highest BCUT2D eigenvalue weighted by atomic mass is 35.5. The number of hydrogen-bond donors (Lipinski definition) is 1. The average Bonchev–Trinajstić information content (AvgIpc) is 3.20. The fourth-order valence-electron chi connectivity index (χ4n) is 2.98. The second-order valence-electron chi connectivity index (χ2n) is 6.12. The van der Waals surface area contributed by atoms with Gasteiger partial charge in [0.05, 0.1) is 11.8 Å². The number of carboxylic acids is 1. The molecule has 1 aliphatic rings. The first-order chi connectivity index (χ1) is 12.2. The average molecular weight is 426 g/mol. The van der Waals surface area contributed by atoms with Crippen molar-refractivity contribution in [1.29, 1.82) is 0 Å². The number of hydrogen-bond acceptors (Lipinski definition) is 5. The summed E-state index contributed by atoms with van der Waals surface area (Å²) in [7, 11) is 0. The molecular formula is C16H16Cl2F3N3O3. The SMILES string of the molecule is Cl.O=C(O)[C@@H]1CN(CCc2nc(-c3ccc(Cl)cc3)no2)C[C@H]1C(F)(F)F. The fraction of sp³-hybridized carbons (Fsp3) is 0.438. The summed E-state index contributed by atoms with van der Waals surface area (Å²) in [6, 6.07) is 6.81. The Morgan fingerprint density at radius 1 is 1.30 bits per heavy atom. The number of benzene rings is 1. The molecule has 0 bridgehead atoms. The van der Waals surface area contributed by atoms with Crippen LogP contribution in [-0.4, -0.2) is 51.9 Å². The van der Waals surface area contributed by atoms with E-state index in [4.69, 9.17) is 21.2 Å². The predicted molar refractivity (Wildman–Crippen MR) is 92.8 cm³/mol. The Balaban J connectivity index is 0.00000261. The van der Waals surface area contributed by atoms with Crippen molar-refractivity contribution in [2.45, 2.75) is 12.6 Å². The van der Waals surface area contributed by atoms with E-state index in [1.54, 1.807) is 24.3 Å². The third-order valence-electron chi connectivity index (χ3n) is 4.35. The molecule has 1 saturated heterocycles. The van der Waals surface area contributed by atoms with Gasteiger partial charge in [0.15, 0.2) is 0 Å². The molecule has 0 unspecified atom stereocenters. The van der Waals surface area contributed by atoms with Crippen molar-refractivity contribution in [3.8, 4) is 11.4 Å². The van der Waals surface area contributed by atoms with E-state index in [2.05, 4.69) is 10.1 Å². The summed E-state index contributed by atoms with van der Waals surface area (Å²) in [5.74, 6) is -4.13. The topological polar surface area (TPSA) is 79.5 Å². The summed E-state index contributed by atoms with van der Waals surface area (Å²) in [6.45, 7) is -0.297. The first kappa shape index (κ1) is 21.5. The number of aromatic nitrogens is 2. The third kappa shape index (κ3) is 5.12. The molecule has 27 heavy (non-hydrogen) atoms. The van der Waals surface area contributed by atoms with Crippen molar-refractivity contribution in [3.63, 3.8) is 0 Å². The Bertz CT molecular complexity index is 783. The number of halogens is 5. The van der Waals surface area contributed by atoms with Crippen molar-refractivity contribution in [3.05, 3.63) is 35.2 Å². The number of nitrogens with zero attached hydrogens (tertiary/aromatic N) is 3. The molecule has 3 rings (SSSR count). The lowest BCUT2D eigenvalue weighted by atomic mass is 9.96. The second-order valence-corrected chi connectivity index (χ2v) is 6.56. The number of carbonyl (C=O) groups is 1. The minimum atomic E-state index is -4.54. The van der Waals surface area contributed by atoms with Gasteiger partial charge in [0.1, 0.15) is 0 Å². The van der Waals surface area contributed by atoms with Crippen LogP contribution in [0.1, 0.15) is 5.89 Å². The summed E-state index contributed by atoms with van der Waals surface area (Å²) in [4.78, 5) is 16.8. The minimum absolute atomic E-state index is 0. The molecule has 1 aromatic heterocycles. The normalized spacial score (nSPS) is 20.4. The molecular weight excluding hydrogens is 410 g/mol. The molecule has 1 fully saturated rings. The fourth-order valence-corrected chi connectivity index (χ4v) is 3.10. The quantitative estimate of drug-likeness (QED) is 0.788. The zero-order chi connectivity index (χ0) is 18.9. The molecule has 1 aliphatic heterocycles. The van der Waals surface area contributed by atoms with E-state index in [-0.39, 0.29) is 44.4 Å². The van der Waals surface area contributed by atoms with Crippen LogP contribution in [0.4, 0.5) is 13.2 Å². The number of aliphatic carboxylic acids is 1. The van der Waals surface area contributed by atoms with E-state index < -0.39 is 24.0 Å². The molecule has 148 valence electrons. The van der Waals surface area contributed by atoms with Crippen LogP contribution in [0.3, 0.4) is 0 Å². The van der Waals surface area contributed by atoms with Crippen LogP contribution in [0.25, 0.3) is 11.4 Å². The van der Waals surface area contributed by atoms with Gasteiger partial charge in [-0.2, -0.15) is 18.2 Å². The zero-order valence-electron chi connectivity index (χ0n) is 13.8. The van der Waals surface area contributed by atoms with Crippen LogP contribution in [-0.2, 0) is 11.2 Å². The Labute approximate surface area is 163 Å². The molecule has 6 nitrogen and oxygen atoms in total. The van der Waals surface area contributed by atoms with E-state index >= 15 is 0 Å². The van der Waals surface area contributed by atoms with E-state index in [0.717, 1.165) is 0 Å². The van der Waals surface area contributed by atoms with Gasteiger partial charge < -0.3 is 14.5 Å². The molecule has 0 radical (unpaired) electrons. The molecule has 0 spiro atoms. The van der Waals surface area contributed by atoms with E-state index in [9.17, 15) is 18.0 Å². The molecule has 2 heterocycles. The van der Waals surface area contributed by atoms with Gasteiger partial charge in [-0.3, -0.25) is 4.79 Å². The van der Waals surface area contributed by atoms with E-state index in [0.29, 0.717) is 16.4 Å². The van der Waals surface area contributed by atoms with Crippen LogP contribution >= 0.6 is 24.0 Å². The standard InChI is InChI=1S/C16H15ClF3N3O3.ClH/c17-10-3-1-9(2-4-10)14-21-13(26-22-14)5-6-23-7-11(15(24)25)12(8-23)16(18,19)20;/h1-4,11-12H,5-8H2,(H,24,25);1H/t11-,12-;/m1./s1. The number of likely N-dealkylation sites (tertiary alicyclic amines) is 1. The molecule has 1 N–H and O–H groups in total. The van der Waals surface area contributed by atoms with Gasteiger partial charge in [-0.05, 0) is 24.3 Å². The molecule has 2 atom stereocenters. The number of carboxylic acid groups (broad SMARTS) is 1. The van der Waals surface area contributed by atoms with Crippen molar-refractivity contribution < 1.29 is 27.6 Å². The van der Waals surface area contributed by atoms with Crippen molar-refractivity contribution in [1.82, 2.24) is 15.0 Å². The number of alkyl halides is 3. The van der Waals surface area contributed by atoms with Crippen LogP contribution in [0.15, 0.2) is 28.8 Å². The predicted octanol–water partition coefficient (Wildman–Crippen LogP) is 3.55. The van der Waals surface area contributed by atoms with Gasteiger partial charge in [-0.1, -0.05) is 16.8 Å². The van der Waals surface area contributed by atoms with Gasteiger partial charge >= 0.3 is 12.1 Å². The highest BCUT2D eigenvalue weighted by Gasteiger charge is 2.52. The maximum Gasteiger partial charge on any atom is 0.393 e. The first-order valence-electron chi connectivity index (χ1n) is 7.84. The first-order valence-corrected chi connectivity index (χ1v) is 8.22. The molecule has 0 saturated carbocycles. The lowest BCUT2D eigenvalue weighted by molar-refractivity contribution is -0.188. The highest BCUT2D eigenvalue weighted by molar-refractivity contribution is 6.30. The second kappa shape index (κ2) is 8.45. The Hall–Kier alpha value is -1.84. The van der Waals surface area contributed by atoms with Crippen LogP contribution < -0.4 is 0 Å². The summed E-state index contributed by atoms with van der Waals surface area (Å²) in [5, 5.41) is 13.4. The van der Waals surface area contributed by atoms with Gasteiger partial charge in [0.25, 0.3) is 0 Å². The summed E-state index contributed by atoms with van der Waals surface area (Å²) in [6.07, 6.45) is -4.30. The van der Waals surface area contributed by atoms with Gasteiger partial charge in [-0.15, -0.1) is 12.4 Å². The van der Waals surface area contributed by atoms with Gasteiger partial charge in [0, 0.05) is 36.6 Å². The van der Waals surface area contributed by atoms with E-state index in [1.807, 2.05) is 0 Å². The maximum absolute atomic E-state index is 13.0. The lowest BCUT2D eigenvalue weighted by Gasteiger charge is -2.18. The highest BCUT2D eigenvalue weighted by Crippen LogP contribution is 2.37. The Kier molecular flexibility index (Phi) is 6.72. The van der Waals surface area contributed by atoms with Crippen molar-refractivity contribution >= 4 is 30.0 Å². The zero-order valence-corrected chi connectivity index (χ0v) is 15.4. The van der Waals surface area contributed by atoms with Crippen LogP contribution in [0.2, 0.25) is 5.02 Å². The monoisotopic (exact) mass is 425 g/mol. The van der Waals surface area contributed by atoms with Crippen molar-refractivity contribution in [2.75, 3.05) is 19.6 Å². The summed E-state index contributed by atoms with van der Waals surface area (Å²) in [5.41, 5.74) is 0.702. The minimum Gasteiger partial charge on any atom is -0.481 e. The largest absolute Gasteiger partial charge is 0.481 e. The van der Waals surface area contributed by atoms with E-state index in [1.165, 1.54) is 4.90 Å². The van der Waals surface area contributed by atoms with Crippen molar-refractivity contribution in [2.24, 2.45) is 11.8 Å². The summed E-state index contributed by atoms with van der Waals surface area (Å²) >= 11 is 5.81. The molecule has 1 aromatic carbocycles. The molecule has 11 heteroatoms. The lowest BCUT2D eigenvalue weighted by Crippen LogP contribution is -2.33. The molecule has 0 amide bonds. The smallest absolute Gasteiger partial charge is 0.393 e. The Morgan fingerprint density at radius 3 is 2.52 bits per heavy atom. The molecule has 0 aliphatic carbocycles.